The van der Waals surface area contributed by atoms with Crippen LogP contribution in [0.15, 0.2) is 36.4 Å². The second-order valence-electron chi connectivity index (χ2n) is 12.9. The van der Waals surface area contributed by atoms with Gasteiger partial charge in [-0.15, -0.1) is 0 Å². The first-order chi connectivity index (χ1) is 19.6. The number of anilines is 1. The largest absolute Gasteiger partial charge is 0.444 e. The lowest BCUT2D eigenvalue weighted by Crippen LogP contribution is -2.53. The van der Waals surface area contributed by atoms with Crippen molar-refractivity contribution in [1.29, 1.82) is 0 Å². The topological polar surface area (TPSA) is 87.7 Å². The van der Waals surface area contributed by atoms with Gasteiger partial charge < -0.3 is 20.3 Å². The average molecular weight is 580 g/mol. The molecular weight excluding hydrogens is 526 g/mol. The maximum absolute atomic E-state index is 14.5. The van der Waals surface area contributed by atoms with Crippen LogP contribution in [0.3, 0.4) is 0 Å². The van der Waals surface area contributed by atoms with E-state index >= 15 is 0 Å². The molecule has 0 bridgehead atoms. The summed E-state index contributed by atoms with van der Waals surface area (Å²) in [5, 5.41) is 6.01. The summed E-state index contributed by atoms with van der Waals surface area (Å²) in [7, 11) is 0. The summed E-state index contributed by atoms with van der Waals surface area (Å²) < 4.78 is 5.53. The molecule has 0 fully saturated rings. The number of hydrogen-bond acceptors (Lipinski definition) is 4. The number of aryl methyl sites for hydroxylation is 4. The van der Waals surface area contributed by atoms with Crippen LogP contribution in [0, 0.1) is 33.6 Å². The lowest BCUT2D eigenvalue weighted by Gasteiger charge is -2.36. The van der Waals surface area contributed by atoms with Crippen molar-refractivity contribution in [3.8, 4) is 0 Å². The first-order valence-electron chi connectivity index (χ1n) is 15.4. The maximum Gasteiger partial charge on any atom is 0.408 e. The zero-order valence-electron chi connectivity index (χ0n) is 27.5. The van der Waals surface area contributed by atoms with E-state index in [1.165, 1.54) is 0 Å². The van der Waals surface area contributed by atoms with Gasteiger partial charge in [0.1, 0.15) is 17.7 Å². The molecule has 2 unspecified atom stereocenters. The van der Waals surface area contributed by atoms with Crippen LogP contribution in [0.1, 0.15) is 108 Å². The molecule has 232 valence electrons. The maximum atomic E-state index is 14.5. The highest BCUT2D eigenvalue weighted by Crippen LogP contribution is 2.30. The van der Waals surface area contributed by atoms with Crippen molar-refractivity contribution in [2.75, 3.05) is 11.9 Å². The van der Waals surface area contributed by atoms with Gasteiger partial charge in [-0.25, -0.2) is 4.79 Å². The molecule has 2 aromatic rings. The van der Waals surface area contributed by atoms with E-state index in [-0.39, 0.29) is 17.7 Å². The lowest BCUT2D eigenvalue weighted by atomic mass is 9.94. The quantitative estimate of drug-likeness (QED) is 0.236. The highest BCUT2D eigenvalue weighted by atomic mass is 16.6. The molecule has 2 aromatic carbocycles. The number of nitrogens with zero attached hydrogens (tertiary/aromatic N) is 1. The number of benzene rings is 2. The molecule has 7 heteroatoms. The molecule has 3 amide bonds. The monoisotopic (exact) mass is 579 g/mol. The zero-order valence-corrected chi connectivity index (χ0v) is 27.5. The van der Waals surface area contributed by atoms with Crippen LogP contribution >= 0.6 is 0 Å². The summed E-state index contributed by atoms with van der Waals surface area (Å²) in [5.41, 5.74) is 4.66. The molecule has 42 heavy (non-hydrogen) atoms. The smallest absolute Gasteiger partial charge is 0.408 e. The van der Waals surface area contributed by atoms with Crippen molar-refractivity contribution in [1.82, 2.24) is 10.2 Å². The van der Waals surface area contributed by atoms with Crippen LogP contribution in [-0.2, 0) is 14.3 Å². The van der Waals surface area contributed by atoms with Crippen LogP contribution < -0.4 is 10.6 Å². The van der Waals surface area contributed by atoms with E-state index in [0.717, 1.165) is 59.2 Å². The van der Waals surface area contributed by atoms with Gasteiger partial charge in [-0.3, -0.25) is 9.59 Å². The summed E-state index contributed by atoms with van der Waals surface area (Å²) in [6.07, 6.45) is 3.55. The number of alkyl carbamates (subject to hydrolysis) is 1. The second-order valence-corrected chi connectivity index (χ2v) is 12.9. The summed E-state index contributed by atoms with van der Waals surface area (Å²) in [6.45, 7) is 19.8. The van der Waals surface area contributed by atoms with Gasteiger partial charge in [0.15, 0.2) is 0 Å². The third-order valence-electron chi connectivity index (χ3n) is 7.25. The summed E-state index contributed by atoms with van der Waals surface area (Å²) in [6, 6.07) is 10.2. The molecule has 0 saturated heterocycles. The normalized spacial score (nSPS) is 12.9. The number of nitrogens with one attached hydrogen (secondary N) is 2. The van der Waals surface area contributed by atoms with Gasteiger partial charge in [0, 0.05) is 12.2 Å². The van der Waals surface area contributed by atoms with Crippen molar-refractivity contribution in [2.24, 2.45) is 5.92 Å². The molecule has 2 N–H and O–H groups in total. The number of hydrogen-bond donors (Lipinski definition) is 2. The van der Waals surface area contributed by atoms with E-state index in [1.807, 2.05) is 77.9 Å². The van der Waals surface area contributed by atoms with Crippen molar-refractivity contribution < 1.29 is 19.1 Å². The minimum Gasteiger partial charge on any atom is -0.444 e. The molecule has 0 aromatic heterocycles. The zero-order chi connectivity index (χ0) is 31.6. The predicted octanol–water partition coefficient (Wildman–Crippen LogP) is 7.95. The van der Waals surface area contributed by atoms with Gasteiger partial charge in [-0.05, 0) is 89.5 Å². The fourth-order valence-corrected chi connectivity index (χ4v) is 5.13. The van der Waals surface area contributed by atoms with Crippen LogP contribution in [-0.4, -0.2) is 41.0 Å². The fraction of sp³-hybridized carbons (Fsp3) is 0.571. The molecule has 0 heterocycles. The number of rotatable bonds is 13. The Labute approximate surface area is 253 Å². The number of ether oxygens (including phenoxy) is 1. The van der Waals surface area contributed by atoms with Gasteiger partial charge >= 0.3 is 6.09 Å². The highest BCUT2D eigenvalue weighted by molar-refractivity contribution is 6.00. The van der Waals surface area contributed by atoms with E-state index in [2.05, 4.69) is 17.6 Å². The van der Waals surface area contributed by atoms with Gasteiger partial charge in [0.05, 0.1) is 0 Å². The molecular formula is C35H53N3O4. The Morgan fingerprint density at radius 2 is 1.55 bits per heavy atom. The minimum absolute atomic E-state index is 0.124. The van der Waals surface area contributed by atoms with Crippen LogP contribution in [0.4, 0.5) is 10.5 Å². The van der Waals surface area contributed by atoms with E-state index in [9.17, 15) is 14.4 Å². The number of amides is 3. The van der Waals surface area contributed by atoms with Crippen LogP contribution in [0.2, 0.25) is 0 Å². The number of carbonyl (C=O) groups excluding carboxylic acids is 3. The fourth-order valence-electron chi connectivity index (χ4n) is 5.13. The molecule has 0 aliphatic heterocycles. The van der Waals surface area contributed by atoms with E-state index in [4.69, 9.17) is 4.74 Å². The Balaban J connectivity index is 2.64. The Morgan fingerprint density at radius 3 is 2.12 bits per heavy atom. The van der Waals surface area contributed by atoms with Gasteiger partial charge in [-0.2, -0.15) is 0 Å². The van der Waals surface area contributed by atoms with Crippen LogP contribution in [0.5, 0.6) is 0 Å². The van der Waals surface area contributed by atoms with Crippen LogP contribution in [0.25, 0.3) is 0 Å². The molecule has 2 rings (SSSR count). The third-order valence-corrected chi connectivity index (χ3v) is 7.25. The molecule has 7 nitrogen and oxygen atoms in total. The average Bonchev–Trinajstić information content (AvgIpc) is 2.87. The van der Waals surface area contributed by atoms with E-state index in [0.29, 0.717) is 13.0 Å². The van der Waals surface area contributed by atoms with E-state index in [1.54, 1.807) is 25.7 Å². The van der Waals surface area contributed by atoms with Gasteiger partial charge in [0.2, 0.25) is 5.91 Å². The molecule has 0 saturated carbocycles. The van der Waals surface area contributed by atoms with Crippen molar-refractivity contribution in [2.45, 2.75) is 119 Å². The molecule has 0 spiro atoms. The SMILES string of the molecule is CCCCCCN(C(=O)C(CC(C)C)NC(=O)OC(C)(C)C)C(C(=O)Nc1c(C)cccc1C)c1cc(C)ccc1C. The third kappa shape index (κ3) is 10.5. The van der Waals surface area contributed by atoms with E-state index < -0.39 is 23.8 Å². The number of para-hydroxylation sites is 1. The molecule has 2 atom stereocenters. The summed E-state index contributed by atoms with van der Waals surface area (Å²) in [5.74, 6) is -0.433. The minimum atomic E-state index is -0.881. The van der Waals surface area contributed by atoms with Crippen molar-refractivity contribution in [3.05, 3.63) is 64.2 Å². The predicted molar refractivity (Wildman–Crippen MR) is 172 cm³/mol. The van der Waals surface area contributed by atoms with Crippen molar-refractivity contribution >= 4 is 23.6 Å². The molecule has 0 aliphatic rings. The first kappa shape index (κ1) is 34.8. The molecule has 0 radical (unpaired) electrons. The Kier molecular flexibility index (Phi) is 13.1. The number of unbranched alkanes of at least 4 members (excludes halogenated alkanes) is 3. The Bertz CT molecular complexity index is 1190. The standard InChI is InChI=1S/C35H53N3O4/c1-11-12-13-14-20-38(33(40)29(21-23(2)3)36-34(41)42-35(8,9)10)31(28-22-24(4)18-19-25(28)5)32(39)37-30-26(6)16-15-17-27(30)7/h15-19,22-23,29,31H,11-14,20-21H2,1-10H3,(H,36,41)(H,37,39). The highest BCUT2D eigenvalue weighted by Gasteiger charge is 2.37. The first-order valence-corrected chi connectivity index (χ1v) is 15.4. The lowest BCUT2D eigenvalue weighted by molar-refractivity contribution is -0.141. The Morgan fingerprint density at radius 1 is 0.905 bits per heavy atom. The van der Waals surface area contributed by atoms with Crippen molar-refractivity contribution in [3.63, 3.8) is 0 Å². The summed E-state index contributed by atoms with van der Waals surface area (Å²) in [4.78, 5) is 43.4. The Hall–Kier alpha value is -3.35. The number of carbonyl (C=O) groups is 3. The summed E-state index contributed by atoms with van der Waals surface area (Å²) >= 11 is 0. The second kappa shape index (κ2) is 15.8. The van der Waals surface area contributed by atoms with Gasteiger partial charge in [0.25, 0.3) is 5.91 Å². The molecule has 0 aliphatic carbocycles. The van der Waals surface area contributed by atoms with Gasteiger partial charge in [-0.1, -0.05) is 82.0 Å².